The zero-order chi connectivity index (χ0) is 22.8. The summed E-state index contributed by atoms with van der Waals surface area (Å²) in [6.07, 6.45) is 1.28. The fraction of sp³-hybridized carbons (Fsp3) is 0.308. The molecule has 0 radical (unpaired) electrons. The molecule has 1 fully saturated rings. The topological polar surface area (TPSA) is 89.2 Å². The maximum absolute atomic E-state index is 13.1. The molecule has 33 heavy (non-hydrogen) atoms. The molecular formula is C26H25NO6. The molecule has 2 heterocycles. The van der Waals surface area contributed by atoms with Gasteiger partial charge >= 0.3 is 12.1 Å². The van der Waals surface area contributed by atoms with Gasteiger partial charge in [0.15, 0.2) is 0 Å². The van der Waals surface area contributed by atoms with Gasteiger partial charge in [-0.1, -0.05) is 48.5 Å². The second-order valence-electron chi connectivity index (χ2n) is 8.39. The molecule has 1 unspecified atom stereocenters. The van der Waals surface area contributed by atoms with Gasteiger partial charge in [0.2, 0.25) is 5.76 Å². The zero-order valence-corrected chi connectivity index (χ0v) is 18.1. The number of fused-ring (bicyclic) bond motifs is 3. The Morgan fingerprint density at radius 3 is 2.30 bits per heavy atom. The number of carboxylic acids is 1. The molecule has 1 saturated heterocycles. The van der Waals surface area contributed by atoms with Crippen LogP contribution in [0.25, 0.3) is 11.1 Å². The standard InChI is InChI=1S/C26H25NO6/c28-25(29)24-12-11-18(33-24)15-27(14-17-6-5-13-31-17)26(30)32-16-23-21-9-3-1-7-19(21)20-8-2-4-10-22(20)23/h1-4,7-12,17,23H,5-6,13-16H2,(H,28,29). The molecule has 1 atom stereocenters. The minimum absolute atomic E-state index is 0.0341. The second kappa shape index (κ2) is 9.11. The average molecular weight is 447 g/mol. The Hall–Kier alpha value is -3.58. The summed E-state index contributed by atoms with van der Waals surface area (Å²) >= 11 is 0. The lowest BCUT2D eigenvalue weighted by Crippen LogP contribution is -2.37. The zero-order valence-electron chi connectivity index (χ0n) is 18.1. The summed E-state index contributed by atoms with van der Waals surface area (Å²) in [6, 6.07) is 19.3. The third-order valence-electron chi connectivity index (χ3n) is 6.26. The van der Waals surface area contributed by atoms with E-state index in [0.717, 1.165) is 24.0 Å². The number of rotatable bonds is 7. The Labute approximate surface area is 191 Å². The van der Waals surface area contributed by atoms with Crippen LogP contribution in [-0.4, -0.2) is 47.9 Å². The van der Waals surface area contributed by atoms with Gasteiger partial charge in [0.05, 0.1) is 19.2 Å². The van der Waals surface area contributed by atoms with Crippen LogP contribution < -0.4 is 0 Å². The number of nitrogens with zero attached hydrogens (tertiary/aromatic N) is 1. The van der Waals surface area contributed by atoms with E-state index in [2.05, 4.69) is 24.3 Å². The lowest BCUT2D eigenvalue weighted by Gasteiger charge is -2.25. The van der Waals surface area contributed by atoms with Crippen molar-refractivity contribution in [2.24, 2.45) is 0 Å². The van der Waals surface area contributed by atoms with E-state index in [0.29, 0.717) is 18.9 Å². The largest absolute Gasteiger partial charge is 0.475 e. The SMILES string of the molecule is O=C(O)c1ccc(CN(CC2CCCO2)C(=O)OCC2c3ccccc3-c3ccccc32)o1. The van der Waals surface area contributed by atoms with E-state index in [-0.39, 0.29) is 30.9 Å². The monoisotopic (exact) mass is 447 g/mol. The van der Waals surface area contributed by atoms with E-state index in [9.17, 15) is 9.59 Å². The van der Waals surface area contributed by atoms with Gasteiger partial charge in [0, 0.05) is 12.5 Å². The predicted octanol–water partition coefficient (Wildman–Crippen LogP) is 4.91. The summed E-state index contributed by atoms with van der Waals surface area (Å²) in [6.45, 7) is 1.37. The van der Waals surface area contributed by atoms with Crippen LogP contribution in [0.1, 0.15) is 46.2 Å². The van der Waals surface area contributed by atoms with Gasteiger partial charge in [-0.15, -0.1) is 0 Å². The summed E-state index contributed by atoms with van der Waals surface area (Å²) in [5, 5.41) is 9.12. The fourth-order valence-electron chi connectivity index (χ4n) is 4.69. The molecule has 2 aliphatic rings. The number of furan rings is 1. The van der Waals surface area contributed by atoms with Gasteiger partial charge in [-0.3, -0.25) is 4.90 Å². The summed E-state index contributed by atoms with van der Waals surface area (Å²) in [5.74, 6) is -0.949. The van der Waals surface area contributed by atoms with Gasteiger partial charge < -0.3 is 19.0 Å². The first-order chi connectivity index (χ1) is 16.1. The molecule has 170 valence electrons. The third kappa shape index (κ3) is 4.36. The molecule has 0 saturated carbocycles. The minimum Gasteiger partial charge on any atom is -0.475 e. The number of carbonyl (C=O) groups is 2. The lowest BCUT2D eigenvalue weighted by atomic mass is 9.98. The number of hydrogen-bond donors (Lipinski definition) is 1. The molecule has 3 aromatic rings. The average Bonchev–Trinajstić information content (AvgIpc) is 3.57. The van der Waals surface area contributed by atoms with Crippen molar-refractivity contribution in [2.75, 3.05) is 19.8 Å². The van der Waals surface area contributed by atoms with E-state index >= 15 is 0 Å². The molecule has 0 spiro atoms. The van der Waals surface area contributed by atoms with Crippen molar-refractivity contribution < 1.29 is 28.6 Å². The van der Waals surface area contributed by atoms with Gasteiger partial charge in [0.1, 0.15) is 12.4 Å². The summed E-state index contributed by atoms with van der Waals surface area (Å²) in [7, 11) is 0. The highest BCUT2D eigenvalue weighted by atomic mass is 16.6. The first-order valence-electron chi connectivity index (χ1n) is 11.1. The van der Waals surface area contributed by atoms with E-state index in [4.69, 9.17) is 19.0 Å². The lowest BCUT2D eigenvalue weighted by molar-refractivity contribution is 0.0498. The molecule has 1 aliphatic heterocycles. The third-order valence-corrected chi connectivity index (χ3v) is 6.26. The fourth-order valence-corrected chi connectivity index (χ4v) is 4.69. The van der Waals surface area contributed by atoms with Crippen LogP contribution in [0, 0.1) is 0 Å². The van der Waals surface area contributed by atoms with Gasteiger partial charge in [0.25, 0.3) is 0 Å². The van der Waals surface area contributed by atoms with E-state index < -0.39 is 12.1 Å². The van der Waals surface area contributed by atoms with Crippen LogP contribution >= 0.6 is 0 Å². The summed E-state index contributed by atoms with van der Waals surface area (Å²) < 4.78 is 16.9. The molecule has 1 amide bonds. The maximum atomic E-state index is 13.1. The van der Waals surface area contributed by atoms with Crippen LogP contribution in [0.2, 0.25) is 0 Å². The summed E-state index contributed by atoms with van der Waals surface area (Å²) in [5.41, 5.74) is 4.63. The Morgan fingerprint density at radius 1 is 1.00 bits per heavy atom. The van der Waals surface area contributed by atoms with Crippen molar-refractivity contribution in [2.45, 2.75) is 31.4 Å². The first-order valence-corrected chi connectivity index (χ1v) is 11.1. The number of ether oxygens (including phenoxy) is 2. The molecule has 5 rings (SSSR count). The highest BCUT2D eigenvalue weighted by Gasteiger charge is 2.31. The Balaban J connectivity index is 1.32. The molecule has 1 aliphatic carbocycles. The quantitative estimate of drug-likeness (QED) is 0.554. The van der Waals surface area contributed by atoms with Crippen LogP contribution in [0.5, 0.6) is 0 Å². The molecular weight excluding hydrogens is 422 g/mol. The Morgan fingerprint density at radius 2 is 1.70 bits per heavy atom. The second-order valence-corrected chi connectivity index (χ2v) is 8.39. The molecule has 7 nitrogen and oxygen atoms in total. The smallest absolute Gasteiger partial charge is 0.410 e. The molecule has 0 bridgehead atoms. The van der Waals surface area contributed by atoms with Gasteiger partial charge in [-0.25, -0.2) is 9.59 Å². The molecule has 2 aromatic carbocycles. The van der Waals surface area contributed by atoms with Gasteiger partial charge in [-0.2, -0.15) is 0 Å². The normalized spacial score (nSPS) is 16.9. The van der Waals surface area contributed by atoms with E-state index in [1.54, 1.807) is 6.07 Å². The van der Waals surface area contributed by atoms with E-state index in [1.165, 1.54) is 22.1 Å². The Bertz CT molecular complexity index is 1120. The van der Waals surface area contributed by atoms with Crippen LogP contribution in [0.3, 0.4) is 0 Å². The number of carboxylic acid groups (broad SMARTS) is 1. The number of carbonyl (C=O) groups excluding carboxylic acids is 1. The Kier molecular flexibility index (Phi) is 5.88. The van der Waals surface area contributed by atoms with E-state index in [1.807, 2.05) is 24.3 Å². The molecule has 1 N–H and O–H groups in total. The highest BCUT2D eigenvalue weighted by molar-refractivity contribution is 5.84. The number of benzene rings is 2. The number of hydrogen-bond acceptors (Lipinski definition) is 5. The van der Waals surface area contributed by atoms with Crippen LogP contribution in [-0.2, 0) is 16.0 Å². The predicted molar refractivity (Wildman–Crippen MR) is 120 cm³/mol. The van der Waals surface area contributed by atoms with Crippen molar-refractivity contribution >= 4 is 12.1 Å². The van der Waals surface area contributed by atoms with Crippen molar-refractivity contribution in [3.8, 4) is 11.1 Å². The van der Waals surface area contributed by atoms with Crippen molar-refractivity contribution in [3.63, 3.8) is 0 Å². The minimum atomic E-state index is -1.15. The van der Waals surface area contributed by atoms with Crippen LogP contribution in [0.15, 0.2) is 65.1 Å². The maximum Gasteiger partial charge on any atom is 0.410 e. The molecule has 1 aromatic heterocycles. The van der Waals surface area contributed by atoms with Crippen molar-refractivity contribution in [1.29, 1.82) is 0 Å². The van der Waals surface area contributed by atoms with Crippen molar-refractivity contribution in [1.82, 2.24) is 4.90 Å². The highest BCUT2D eigenvalue weighted by Crippen LogP contribution is 2.44. The number of amides is 1. The van der Waals surface area contributed by atoms with Crippen molar-refractivity contribution in [3.05, 3.63) is 83.3 Å². The summed E-state index contributed by atoms with van der Waals surface area (Å²) in [4.78, 5) is 25.8. The van der Waals surface area contributed by atoms with Crippen LogP contribution in [0.4, 0.5) is 4.79 Å². The number of aromatic carboxylic acids is 1. The molecule has 7 heteroatoms. The van der Waals surface area contributed by atoms with Gasteiger partial charge in [-0.05, 0) is 47.2 Å². The first kappa shape index (κ1) is 21.3.